The summed E-state index contributed by atoms with van der Waals surface area (Å²) in [6.07, 6.45) is 0.662. The molecule has 0 aromatic rings. The van der Waals surface area contributed by atoms with Crippen molar-refractivity contribution in [3.8, 4) is 0 Å². The summed E-state index contributed by atoms with van der Waals surface area (Å²) >= 11 is 0. The summed E-state index contributed by atoms with van der Waals surface area (Å²) in [5, 5.41) is 21.4. The molecule has 0 amide bonds. The molecule has 108 valence electrons. The number of rotatable bonds is 0. The van der Waals surface area contributed by atoms with E-state index in [9.17, 15) is 15.0 Å². The number of aliphatic hydroxyl groups excluding tert-OH is 1. The number of ether oxygens (including phenoxy) is 2. The van der Waals surface area contributed by atoms with Gasteiger partial charge in [-0.1, -0.05) is 12.7 Å². The number of fused-ring (bicyclic) bond motifs is 5. The lowest BCUT2D eigenvalue weighted by atomic mass is 9.74. The lowest BCUT2D eigenvalue weighted by Gasteiger charge is -2.37. The second-order valence-electron chi connectivity index (χ2n) is 6.66. The van der Waals surface area contributed by atoms with E-state index in [0.29, 0.717) is 6.42 Å². The maximum absolute atomic E-state index is 11.8. The van der Waals surface area contributed by atoms with Crippen molar-refractivity contribution in [1.82, 2.24) is 0 Å². The van der Waals surface area contributed by atoms with Gasteiger partial charge in [0.25, 0.3) is 0 Å². The van der Waals surface area contributed by atoms with Gasteiger partial charge in [-0.25, -0.2) is 4.79 Å². The quantitative estimate of drug-likeness (QED) is 0.289. The smallest absolute Gasteiger partial charge is 0.334 e. The number of carbonyl (C=O) groups is 1. The van der Waals surface area contributed by atoms with Crippen LogP contribution in [0.3, 0.4) is 0 Å². The second kappa shape index (κ2) is 3.35. The van der Waals surface area contributed by atoms with E-state index in [0.717, 1.165) is 5.57 Å². The molecule has 2 aliphatic carbocycles. The van der Waals surface area contributed by atoms with Gasteiger partial charge >= 0.3 is 5.97 Å². The van der Waals surface area contributed by atoms with E-state index in [4.69, 9.17) is 9.47 Å². The Morgan fingerprint density at radius 2 is 2.20 bits per heavy atom. The first-order chi connectivity index (χ1) is 9.29. The summed E-state index contributed by atoms with van der Waals surface area (Å²) in [5.74, 6) is -1.35. The van der Waals surface area contributed by atoms with E-state index in [1.807, 2.05) is 13.8 Å². The maximum Gasteiger partial charge on any atom is 0.334 e. The van der Waals surface area contributed by atoms with Crippen molar-refractivity contribution < 1.29 is 24.5 Å². The van der Waals surface area contributed by atoms with Crippen LogP contribution in [0.1, 0.15) is 20.3 Å². The van der Waals surface area contributed by atoms with Gasteiger partial charge in [-0.05, 0) is 19.4 Å². The largest absolute Gasteiger partial charge is 0.458 e. The van der Waals surface area contributed by atoms with E-state index in [-0.39, 0.29) is 17.6 Å². The number of aliphatic hydroxyl groups is 2. The zero-order valence-corrected chi connectivity index (χ0v) is 11.5. The Morgan fingerprint density at radius 3 is 2.90 bits per heavy atom. The van der Waals surface area contributed by atoms with E-state index >= 15 is 0 Å². The second-order valence-corrected chi connectivity index (χ2v) is 6.66. The summed E-state index contributed by atoms with van der Waals surface area (Å²) in [7, 11) is 0. The highest BCUT2D eigenvalue weighted by atomic mass is 16.6. The molecule has 4 aliphatic rings. The van der Waals surface area contributed by atoms with Crippen molar-refractivity contribution in [3.63, 3.8) is 0 Å². The van der Waals surface area contributed by atoms with Crippen LogP contribution in [0.25, 0.3) is 0 Å². The summed E-state index contributed by atoms with van der Waals surface area (Å²) in [4.78, 5) is 11.8. The molecule has 2 saturated heterocycles. The Labute approximate surface area is 116 Å². The molecule has 7 unspecified atom stereocenters. The molecular weight excluding hydrogens is 260 g/mol. The third kappa shape index (κ3) is 1.22. The number of hydrogen-bond acceptors (Lipinski definition) is 5. The first kappa shape index (κ1) is 12.6. The number of epoxide rings is 1. The van der Waals surface area contributed by atoms with Crippen molar-refractivity contribution >= 4 is 5.97 Å². The third-order valence-corrected chi connectivity index (χ3v) is 5.67. The average Bonchev–Trinajstić information content (AvgIpc) is 2.80. The molecule has 2 N–H and O–H groups in total. The molecular formula is C15H18O5. The molecule has 2 heterocycles. The normalized spacial score (nSPS) is 56.4. The molecule has 0 aromatic heterocycles. The zero-order chi connectivity index (χ0) is 14.4. The Kier molecular flexibility index (Phi) is 2.10. The monoisotopic (exact) mass is 278 g/mol. The van der Waals surface area contributed by atoms with Gasteiger partial charge in [0.2, 0.25) is 0 Å². The van der Waals surface area contributed by atoms with Crippen molar-refractivity contribution in [2.24, 2.45) is 11.8 Å². The van der Waals surface area contributed by atoms with Crippen LogP contribution in [-0.4, -0.2) is 45.7 Å². The molecule has 5 nitrogen and oxygen atoms in total. The molecule has 3 fully saturated rings. The molecule has 20 heavy (non-hydrogen) atoms. The summed E-state index contributed by atoms with van der Waals surface area (Å²) < 4.78 is 11.1. The molecule has 1 saturated carbocycles. The molecule has 2 aliphatic heterocycles. The third-order valence-electron chi connectivity index (χ3n) is 5.67. The predicted octanol–water partition coefficient (Wildman–Crippen LogP) is 0.313. The topological polar surface area (TPSA) is 79.3 Å². The number of hydrogen-bond donors (Lipinski definition) is 2. The average molecular weight is 278 g/mol. The van der Waals surface area contributed by atoms with Crippen LogP contribution in [0.15, 0.2) is 23.8 Å². The Morgan fingerprint density at radius 1 is 1.50 bits per heavy atom. The van der Waals surface area contributed by atoms with Crippen molar-refractivity contribution in [1.29, 1.82) is 0 Å². The first-order valence-corrected chi connectivity index (χ1v) is 6.96. The van der Waals surface area contributed by atoms with Crippen LogP contribution < -0.4 is 0 Å². The molecule has 4 rings (SSSR count). The van der Waals surface area contributed by atoms with Crippen molar-refractivity contribution in [3.05, 3.63) is 23.8 Å². The van der Waals surface area contributed by atoms with E-state index < -0.39 is 35.3 Å². The summed E-state index contributed by atoms with van der Waals surface area (Å²) in [5.41, 5.74) is -0.557. The highest BCUT2D eigenvalue weighted by Crippen LogP contribution is 2.64. The highest BCUT2D eigenvalue weighted by Gasteiger charge is 2.76. The van der Waals surface area contributed by atoms with E-state index in [1.165, 1.54) is 0 Å². The van der Waals surface area contributed by atoms with Crippen molar-refractivity contribution in [2.45, 2.75) is 49.8 Å². The van der Waals surface area contributed by atoms with Crippen LogP contribution in [0, 0.1) is 11.8 Å². The van der Waals surface area contributed by atoms with Crippen LogP contribution in [-0.2, 0) is 14.3 Å². The Hall–Kier alpha value is -1.17. The van der Waals surface area contributed by atoms with Crippen LogP contribution >= 0.6 is 0 Å². The highest BCUT2D eigenvalue weighted by molar-refractivity contribution is 5.91. The van der Waals surface area contributed by atoms with Gasteiger partial charge in [0.15, 0.2) is 0 Å². The lowest BCUT2D eigenvalue weighted by Crippen LogP contribution is -2.49. The van der Waals surface area contributed by atoms with Crippen molar-refractivity contribution in [2.75, 3.05) is 0 Å². The van der Waals surface area contributed by atoms with Gasteiger partial charge in [-0.15, -0.1) is 0 Å². The van der Waals surface area contributed by atoms with E-state index in [1.54, 1.807) is 6.08 Å². The lowest BCUT2D eigenvalue weighted by molar-refractivity contribution is -0.149. The van der Waals surface area contributed by atoms with Gasteiger partial charge in [-0.3, -0.25) is 0 Å². The van der Waals surface area contributed by atoms with Gasteiger partial charge in [0, 0.05) is 12.0 Å². The SMILES string of the molecule is C=C1C(=O)OC2C1C(O)C=C(C)C1(O)CC3OC3(C)C21. The van der Waals surface area contributed by atoms with Gasteiger partial charge in [0.05, 0.1) is 29.6 Å². The minimum atomic E-state index is -1.08. The zero-order valence-electron chi connectivity index (χ0n) is 11.5. The van der Waals surface area contributed by atoms with Crippen LogP contribution in [0.5, 0.6) is 0 Å². The Bertz CT molecular complexity index is 567. The van der Waals surface area contributed by atoms with Gasteiger partial charge in [-0.2, -0.15) is 0 Å². The van der Waals surface area contributed by atoms with Gasteiger partial charge < -0.3 is 19.7 Å². The molecule has 0 spiro atoms. The number of carbonyl (C=O) groups excluding carboxylic acids is 1. The van der Waals surface area contributed by atoms with Crippen LogP contribution in [0.2, 0.25) is 0 Å². The molecule has 7 atom stereocenters. The fraction of sp³-hybridized carbons (Fsp3) is 0.667. The fourth-order valence-corrected chi connectivity index (χ4v) is 4.47. The first-order valence-electron chi connectivity index (χ1n) is 6.96. The predicted molar refractivity (Wildman–Crippen MR) is 68.6 cm³/mol. The minimum absolute atomic E-state index is 0.00990. The maximum atomic E-state index is 11.8. The van der Waals surface area contributed by atoms with Crippen LogP contribution in [0.4, 0.5) is 0 Å². The number of esters is 1. The molecule has 5 heteroatoms. The van der Waals surface area contributed by atoms with E-state index in [2.05, 4.69) is 6.58 Å². The summed E-state index contributed by atoms with van der Waals surface area (Å²) in [6, 6.07) is 0. The fourth-order valence-electron chi connectivity index (χ4n) is 4.47. The Balaban J connectivity index is 1.88. The standard InChI is InChI=1S/C15H18O5/c1-6-4-8(16)10-7(2)13(17)19-11(10)12-14(3)9(20-14)5-15(6,12)18/h4,8-12,16,18H,2,5H2,1,3H3. The molecule has 0 radical (unpaired) electrons. The molecule has 0 bridgehead atoms. The minimum Gasteiger partial charge on any atom is -0.458 e. The molecule has 0 aromatic carbocycles. The summed E-state index contributed by atoms with van der Waals surface area (Å²) in [6.45, 7) is 7.51. The van der Waals surface area contributed by atoms with Gasteiger partial charge in [0.1, 0.15) is 11.7 Å².